The number of halogens is 3. The number of aromatic nitrogens is 2. The molecule has 0 radical (unpaired) electrons. The number of aliphatic carboxylic acids is 1. The smallest absolute Gasteiger partial charge is 0.445 e. The number of carboxylic acids is 1. The number of thioether (sulfide) groups is 1. The summed E-state index contributed by atoms with van der Waals surface area (Å²) in [6, 6.07) is 0.251. The second-order valence-electron chi connectivity index (χ2n) is 4.72. The summed E-state index contributed by atoms with van der Waals surface area (Å²) in [5, 5.41) is 14.9. The minimum absolute atomic E-state index is 0.120. The molecule has 0 aromatic carbocycles. The highest BCUT2D eigenvalue weighted by atomic mass is 32.2. The zero-order valence-electron chi connectivity index (χ0n) is 10.6. The van der Waals surface area contributed by atoms with Gasteiger partial charge in [-0.3, -0.25) is 0 Å². The average Bonchev–Trinajstić information content (AvgIpc) is 2.80. The number of allylic oxidation sites excluding steroid dienone is 1. The Morgan fingerprint density at radius 1 is 1.38 bits per heavy atom. The summed E-state index contributed by atoms with van der Waals surface area (Å²) >= 11 is 1.42. The van der Waals surface area contributed by atoms with Crippen molar-refractivity contribution >= 4 is 29.1 Å². The lowest BCUT2D eigenvalue weighted by atomic mass is 9.92. The third kappa shape index (κ3) is 2.73. The van der Waals surface area contributed by atoms with Gasteiger partial charge in [-0.1, -0.05) is 23.1 Å². The molecule has 1 aromatic rings. The molecule has 2 aliphatic rings. The van der Waals surface area contributed by atoms with E-state index in [-0.39, 0.29) is 16.1 Å². The van der Waals surface area contributed by atoms with E-state index in [2.05, 4.69) is 10.2 Å². The first-order valence-corrected chi connectivity index (χ1v) is 7.81. The predicted molar refractivity (Wildman–Crippen MR) is 69.8 cm³/mol. The van der Waals surface area contributed by atoms with Gasteiger partial charge in [-0.05, 0) is 19.3 Å². The molecule has 2 aliphatic heterocycles. The minimum atomic E-state index is -4.52. The van der Waals surface area contributed by atoms with Crippen LogP contribution in [0.1, 0.15) is 24.3 Å². The largest absolute Gasteiger partial charge is 0.477 e. The normalized spacial score (nSPS) is 22.0. The molecule has 1 saturated heterocycles. The molecule has 10 heteroatoms. The summed E-state index contributed by atoms with van der Waals surface area (Å²) in [5.41, 5.74) is 0.200. The van der Waals surface area contributed by atoms with Crippen LogP contribution in [0, 0.1) is 0 Å². The molecule has 1 fully saturated rings. The van der Waals surface area contributed by atoms with E-state index in [1.807, 2.05) is 0 Å². The SMILES string of the molecule is O=C(O)C1=C(Sc2nnc(C(F)(F)F)s2)CCC2CCN12. The molecule has 0 aliphatic carbocycles. The van der Waals surface area contributed by atoms with Gasteiger partial charge in [0.15, 0.2) is 4.34 Å². The minimum Gasteiger partial charge on any atom is -0.477 e. The Morgan fingerprint density at radius 2 is 2.14 bits per heavy atom. The summed E-state index contributed by atoms with van der Waals surface area (Å²) in [6.07, 6.45) is -2.18. The number of alkyl halides is 3. The second-order valence-corrected chi connectivity index (χ2v) is 7.04. The summed E-state index contributed by atoms with van der Waals surface area (Å²) in [6.45, 7) is 0.681. The lowest BCUT2D eigenvalue weighted by Gasteiger charge is -2.46. The van der Waals surface area contributed by atoms with Crippen LogP contribution in [0.5, 0.6) is 0 Å². The summed E-state index contributed by atoms with van der Waals surface area (Å²) < 4.78 is 37.6. The van der Waals surface area contributed by atoms with Gasteiger partial charge in [0.05, 0.1) is 0 Å². The van der Waals surface area contributed by atoms with Gasteiger partial charge in [0.25, 0.3) is 0 Å². The first-order valence-electron chi connectivity index (χ1n) is 6.18. The molecule has 21 heavy (non-hydrogen) atoms. The van der Waals surface area contributed by atoms with Crippen LogP contribution in [0.15, 0.2) is 14.9 Å². The monoisotopic (exact) mass is 337 g/mol. The van der Waals surface area contributed by atoms with Crippen molar-refractivity contribution in [3.8, 4) is 0 Å². The Balaban J connectivity index is 1.85. The van der Waals surface area contributed by atoms with Gasteiger partial charge in [-0.25, -0.2) is 4.79 Å². The van der Waals surface area contributed by atoms with E-state index < -0.39 is 17.2 Å². The van der Waals surface area contributed by atoms with E-state index in [0.717, 1.165) is 24.6 Å². The molecular formula is C11H10F3N3O2S2. The van der Waals surface area contributed by atoms with E-state index in [1.165, 1.54) is 0 Å². The van der Waals surface area contributed by atoms with Gasteiger partial charge >= 0.3 is 12.1 Å². The number of hydrogen-bond acceptors (Lipinski definition) is 6. The highest BCUT2D eigenvalue weighted by molar-refractivity contribution is 8.04. The number of fused-ring (bicyclic) bond motifs is 1. The van der Waals surface area contributed by atoms with Gasteiger partial charge in [0, 0.05) is 17.5 Å². The van der Waals surface area contributed by atoms with Crippen molar-refractivity contribution < 1.29 is 23.1 Å². The van der Waals surface area contributed by atoms with E-state index >= 15 is 0 Å². The molecule has 1 N–H and O–H groups in total. The summed E-state index contributed by atoms with van der Waals surface area (Å²) in [7, 11) is 0. The van der Waals surface area contributed by atoms with Gasteiger partial charge in [-0.2, -0.15) is 13.2 Å². The molecule has 1 unspecified atom stereocenters. The van der Waals surface area contributed by atoms with Crippen molar-refractivity contribution in [1.82, 2.24) is 15.1 Å². The van der Waals surface area contributed by atoms with Gasteiger partial charge in [-0.15, -0.1) is 10.2 Å². The fourth-order valence-corrected chi connectivity index (χ4v) is 4.39. The second kappa shape index (κ2) is 5.16. The molecule has 1 atom stereocenters. The zero-order chi connectivity index (χ0) is 15.2. The predicted octanol–water partition coefficient (Wildman–Crippen LogP) is 2.81. The fraction of sp³-hybridized carbons (Fsp3) is 0.545. The van der Waals surface area contributed by atoms with Crippen LogP contribution in [0.25, 0.3) is 0 Å². The maximum Gasteiger partial charge on any atom is 0.445 e. The molecule has 3 rings (SSSR count). The quantitative estimate of drug-likeness (QED) is 0.915. The van der Waals surface area contributed by atoms with Crippen LogP contribution >= 0.6 is 23.1 Å². The Kier molecular flexibility index (Phi) is 3.60. The van der Waals surface area contributed by atoms with E-state index in [1.54, 1.807) is 4.90 Å². The standard InChI is InChI=1S/C11H10F3N3O2S2/c12-11(13,14)9-15-16-10(21-9)20-6-2-1-5-3-4-17(5)7(6)8(18)19/h5H,1-4H2,(H,18,19). The lowest BCUT2D eigenvalue weighted by Crippen LogP contribution is -2.50. The molecule has 0 spiro atoms. The van der Waals surface area contributed by atoms with Crippen molar-refractivity contribution in [1.29, 1.82) is 0 Å². The third-order valence-corrected chi connectivity index (χ3v) is 5.62. The fourth-order valence-electron chi connectivity index (χ4n) is 2.42. The van der Waals surface area contributed by atoms with Gasteiger partial charge in [0.1, 0.15) is 5.70 Å². The van der Waals surface area contributed by atoms with E-state index in [4.69, 9.17) is 0 Å². The maximum atomic E-state index is 12.5. The highest BCUT2D eigenvalue weighted by Gasteiger charge is 2.39. The molecule has 5 nitrogen and oxygen atoms in total. The summed E-state index contributed by atoms with van der Waals surface area (Å²) in [4.78, 5) is 13.7. The number of nitrogens with zero attached hydrogens (tertiary/aromatic N) is 3. The topological polar surface area (TPSA) is 66.3 Å². The van der Waals surface area contributed by atoms with E-state index in [0.29, 0.717) is 29.2 Å². The first kappa shape index (κ1) is 14.6. The Hall–Kier alpha value is -1.29. The Bertz CT molecular complexity index is 614. The van der Waals surface area contributed by atoms with Crippen LogP contribution in [-0.2, 0) is 11.0 Å². The Labute approximate surface area is 125 Å². The van der Waals surface area contributed by atoms with Crippen LogP contribution in [-0.4, -0.2) is 38.8 Å². The van der Waals surface area contributed by atoms with Crippen molar-refractivity contribution in [2.24, 2.45) is 0 Å². The van der Waals surface area contributed by atoms with E-state index in [9.17, 15) is 23.1 Å². The van der Waals surface area contributed by atoms with Crippen LogP contribution in [0.4, 0.5) is 13.2 Å². The van der Waals surface area contributed by atoms with Crippen molar-refractivity contribution in [2.45, 2.75) is 35.8 Å². The van der Waals surface area contributed by atoms with Gasteiger partial charge in [0.2, 0.25) is 5.01 Å². The number of rotatable bonds is 3. The van der Waals surface area contributed by atoms with Crippen LogP contribution < -0.4 is 0 Å². The number of carboxylic acid groups (broad SMARTS) is 1. The number of carbonyl (C=O) groups is 1. The first-order chi connectivity index (χ1) is 9.86. The molecule has 114 valence electrons. The van der Waals surface area contributed by atoms with Crippen LogP contribution in [0.2, 0.25) is 0 Å². The Morgan fingerprint density at radius 3 is 2.67 bits per heavy atom. The lowest BCUT2D eigenvalue weighted by molar-refractivity contribution is -0.138. The molecule has 0 amide bonds. The van der Waals surface area contributed by atoms with Crippen LogP contribution in [0.3, 0.4) is 0 Å². The maximum absolute atomic E-state index is 12.5. The average molecular weight is 337 g/mol. The molecule has 0 saturated carbocycles. The molecule has 0 bridgehead atoms. The molecule has 3 heterocycles. The van der Waals surface area contributed by atoms with Crippen molar-refractivity contribution in [3.63, 3.8) is 0 Å². The number of hydrogen-bond donors (Lipinski definition) is 1. The van der Waals surface area contributed by atoms with Crippen molar-refractivity contribution in [3.05, 3.63) is 15.6 Å². The van der Waals surface area contributed by atoms with Gasteiger partial charge < -0.3 is 10.0 Å². The van der Waals surface area contributed by atoms with Crippen molar-refractivity contribution in [2.75, 3.05) is 6.54 Å². The molecular weight excluding hydrogens is 327 g/mol. The molecule has 1 aromatic heterocycles. The highest BCUT2D eigenvalue weighted by Crippen LogP contribution is 2.44. The third-order valence-electron chi connectivity index (χ3n) is 3.46. The summed E-state index contributed by atoms with van der Waals surface area (Å²) in [5.74, 6) is -1.04. The zero-order valence-corrected chi connectivity index (χ0v) is 12.2.